The first kappa shape index (κ1) is 20.8. The molecule has 8 heteroatoms. The summed E-state index contributed by atoms with van der Waals surface area (Å²) in [7, 11) is -3.71. The Morgan fingerprint density at radius 3 is 2.66 bits per heavy atom. The molecule has 152 valence electrons. The number of carbonyl (C=O) groups is 1. The molecule has 1 unspecified atom stereocenters. The third kappa shape index (κ3) is 4.72. The average Bonchev–Trinajstić information content (AvgIpc) is 3.14. The van der Waals surface area contributed by atoms with Crippen LogP contribution in [0.2, 0.25) is 0 Å². The second-order valence-corrected chi connectivity index (χ2v) is 8.77. The molecule has 2 aromatic carbocycles. The first-order valence-electron chi connectivity index (χ1n) is 9.28. The second kappa shape index (κ2) is 8.59. The third-order valence-corrected chi connectivity index (χ3v) is 5.90. The van der Waals surface area contributed by atoms with Crippen LogP contribution in [0, 0.1) is 5.92 Å². The molecule has 29 heavy (non-hydrogen) atoms. The van der Waals surface area contributed by atoms with Gasteiger partial charge in [-0.25, -0.2) is 18.1 Å². The lowest BCUT2D eigenvalue weighted by Gasteiger charge is -2.20. The van der Waals surface area contributed by atoms with Crippen molar-refractivity contribution in [1.82, 2.24) is 20.0 Å². The molecular formula is C21H24N4O3S. The maximum absolute atomic E-state index is 12.9. The van der Waals surface area contributed by atoms with Gasteiger partial charge in [-0.2, -0.15) is 0 Å². The van der Waals surface area contributed by atoms with Crippen LogP contribution in [-0.2, 0) is 10.0 Å². The van der Waals surface area contributed by atoms with Gasteiger partial charge in [0, 0.05) is 12.1 Å². The molecule has 1 aromatic heterocycles. The van der Waals surface area contributed by atoms with Crippen LogP contribution in [0.25, 0.3) is 11.0 Å². The lowest BCUT2D eigenvalue weighted by Crippen LogP contribution is -2.32. The highest BCUT2D eigenvalue weighted by molar-refractivity contribution is 7.89. The van der Waals surface area contributed by atoms with E-state index in [1.807, 2.05) is 38.1 Å². The van der Waals surface area contributed by atoms with Gasteiger partial charge in [-0.3, -0.25) is 4.79 Å². The Bertz CT molecular complexity index is 1100. The number of nitrogens with one attached hydrogen (secondary N) is 3. The maximum Gasteiger partial charge on any atom is 0.251 e. The molecule has 0 fully saturated rings. The zero-order valence-electron chi connectivity index (χ0n) is 16.3. The standard InChI is InChI=1S/C21H24N4O3S/c1-4-12-22-29(27,28)16-9-7-8-15(13-16)21(26)25-19(14(2)3)20-23-17-10-5-6-11-18(17)24-20/h4-11,13-14,19,22H,1,12H2,2-3H3,(H,23,24)(H,25,26). The molecule has 0 spiro atoms. The first-order valence-corrected chi connectivity index (χ1v) is 10.8. The van der Waals surface area contributed by atoms with Crippen LogP contribution < -0.4 is 10.0 Å². The molecular weight excluding hydrogens is 388 g/mol. The molecule has 0 saturated heterocycles. The summed E-state index contributed by atoms with van der Waals surface area (Å²) in [6, 6.07) is 13.2. The average molecular weight is 413 g/mol. The largest absolute Gasteiger partial charge is 0.342 e. The van der Waals surface area contributed by atoms with Crippen molar-refractivity contribution in [3.63, 3.8) is 0 Å². The molecule has 3 aromatic rings. The lowest BCUT2D eigenvalue weighted by molar-refractivity contribution is 0.0923. The number of carbonyl (C=O) groups excluding carboxylic acids is 1. The summed E-state index contributed by atoms with van der Waals surface area (Å²) in [5.41, 5.74) is 1.97. The van der Waals surface area contributed by atoms with Crippen LogP contribution >= 0.6 is 0 Å². The molecule has 1 amide bonds. The molecule has 1 heterocycles. The van der Waals surface area contributed by atoms with Crippen molar-refractivity contribution < 1.29 is 13.2 Å². The number of sulfonamides is 1. The van der Waals surface area contributed by atoms with E-state index in [1.165, 1.54) is 18.2 Å². The van der Waals surface area contributed by atoms with Gasteiger partial charge in [0.1, 0.15) is 5.82 Å². The number of amides is 1. The summed E-state index contributed by atoms with van der Waals surface area (Å²) >= 11 is 0. The van der Waals surface area contributed by atoms with Gasteiger partial charge in [0.25, 0.3) is 5.91 Å². The van der Waals surface area contributed by atoms with Gasteiger partial charge in [-0.15, -0.1) is 6.58 Å². The van der Waals surface area contributed by atoms with Gasteiger partial charge in [0.15, 0.2) is 0 Å². The third-order valence-electron chi connectivity index (χ3n) is 4.48. The highest BCUT2D eigenvalue weighted by Gasteiger charge is 2.23. The summed E-state index contributed by atoms with van der Waals surface area (Å²) in [6.07, 6.45) is 1.45. The van der Waals surface area contributed by atoms with E-state index in [4.69, 9.17) is 0 Å². The maximum atomic E-state index is 12.9. The second-order valence-electron chi connectivity index (χ2n) is 7.00. The number of hydrogen-bond donors (Lipinski definition) is 3. The minimum Gasteiger partial charge on any atom is -0.342 e. The predicted molar refractivity (Wildman–Crippen MR) is 113 cm³/mol. The van der Waals surface area contributed by atoms with Crippen molar-refractivity contribution in [2.24, 2.45) is 5.92 Å². The topological polar surface area (TPSA) is 104 Å². The number of aromatic amines is 1. The van der Waals surface area contributed by atoms with Crippen molar-refractivity contribution in [2.45, 2.75) is 24.8 Å². The van der Waals surface area contributed by atoms with Crippen molar-refractivity contribution in [3.05, 3.63) is 72.6 Å². The Hall–Kier alpha value is -2.97. The van der Waals surface area contributed by atoms with Crippen molar-refractivity contribution >= 4 is 27.0 Å². The molecule has 3 N–H and O–H groups in total. The smallest absolute Gasteiger partial charge is 0.251 e. The molecule has 0 aliphatic rings. The molecule has 0 aliphatic heterocycles. The number of aromatic nitrogens is 2. The van der Waals surface area contributed by atoms with Crippen LogP contribution in [-0.4, -0.2) is 30.8 Å². The number of H-pyrrole nitrogens is 1. The van der Waals surface area contributed by atoms with Crippen molar-refractivity contribution in [2.75, 3.05) is 6.54 Å². The summed E-state index contributed by atoms with van der Waals surface area (Å²) in [4.78, 5) is 20.7. The predicted octanol–water partition coefficient (Wildman–Crippen LogP) is 3.15. The lowest BCUT2D eigenvalue weighted by atomic mass is 10.0. The van der Waals surface area contributed by atoms with Crippen LogP contribution in [0.1, 0.15) is 36.1 Å². The monoisotopic (exact) mass is 412 g/mol. The molecule has 7 nitrogen and oxygen atoms in total. The van der Waals surface area contributed by atoms with E-state index in [9.17, 15) is 13.2 Å². The summed E-state index contributed by atoms with van der Waals surface area (Å²) < 4.78 is 27.0. The molecule has 0 bridgehead atoms. The van der Waals surface area contributed by atoms with Crippen molar-refractivity contribution in [3.8, 4) is 0 Å². The number of hydrogen-bond acceptors (Lipinski definition) is 4. The van der Waals surface area contributed by atoms with E-state index in [0.29, 0.717) is 5.82 Å². The molecule has 0 saturated carbocycles. The quantitative estimate of drug-likeness (QED) is 0.494. The molecule has 0 aliphatic carbocycles. The van der Waals surface area contributed by atoms with E-state index in [1.54, 1.807) is 12.1 Å². The minimum atomic E-state index is -3.71. The van der Waals surface area contributed by atoms with Crippen LogP contribution in [0.15, 0.2) is 66.1 Å². The molecule has 1 atom stereocenters. The van der Waals surface area contributed by atoms with Crippen LogP contribution in [0.5, 0.6) is 0 Å². The van der Waals surface area contributed by atoms with Gasteiger partial charge in [-0.1, -0.05) is 38.1 Å². The Labute approximate surface area is 170 Å². The molecule has 3 rings (SSSR count). The molecule has 0 radical (unpaired) electrons. The fourth-order valence-corrected chi connectivity index (χ4v) is 4.00. The summed E-state index contributed by atoms with van der Waals surface area (Å²) in [5, 5.41) is 2.97. The summed E-state index contributed by atoms with van der Waals surface area (Å²) in [6.45, 7) is 7.58. The number of para-hydroxylation sites is 2. The minimum absolute atomic E-state index is 0.0248. The highest BCUT2D eigenvalue weighted by Crippen LogP contribution is 2.23. The fraction of sp³-hybridized carbons (Fsp3) is 0.238. The number of nitrogens with zero attached hydrogens (tertiary/aromatic N) is 1. The number of benzene rings is 2. The number of fused-ring (bicyclic) bond motifs is 1. The Morgan fingerprint density at radius 1 is 1.21 bits per heavy atom. The zero-order chi connectivity index (χ0) is 21.0. The fourth-order valence-electron chi connectivity index (χ4n) is 2.95. The summed E-state index contributed by atoms with van der Waals surface area (Å²) in [5.74, 6) is 0.358. The zero-order valence-corrected chi connectivity index (χ0v) is 17.2. The van der Waals surface area contributed by atoms with Crippen LogP contribution in [0.4, 0.5) is 0 Å². The van der Waals surface area contributed by atoms with E-state index in [-0.39, 0.29) is 34.9 Å². The Kier molecular flexibility index (Phi) is 6.14. The van der Waals surface area contributed by atoms with Gasteiger partial charge in [0.05, 0.1) is 22.0 Å². The van der Waals surface area contributed by atoms with Gasteiger partial charge >= 0.3 is 0 Å². The van der Waals surface area contributed by atoms with Crippen LogP contribution in [0.3, 0.4) is 0 Å². The van der Waals surface area contributed by atoms with E-state index < -0.39 is 10.0 Å². The SMILES string of the molecule is C=CCNS(=O)(=O)c1cccc(C(=O)NC(c2nc3ccccc3[nH]2)C(C)C)c1. The van der Waals surface area contributed by atoms with E-state index >= 15 is 0 Å². The van der Waals surface area contributed by atoms with E-state index in [0.717, 1.165) is 11.0 Å². The van der Waals surface area contributed by atoms with E-state index in [2.05, 4.69) is 26.6 Å². The van der Waals surface area contributed by atoms with Crippen molar-refractivity contribution in [1.29, 1.82) is 0 Å². The normalized spacial score (nSPS) is 12.8. The number of imidazole rings is 1. The van der Waals surface area contributed by atoms with Gasteiger partial charge in [0.2, 0.25) is 10.0 Å². The Morgan fingerprint density at radius 2 is 1.97 bits per heavy atom. The Balaban J connectivity index is 1.85. The van der Waals surface area contributed by atoms with Gasteiger partial charge in [-0.05, 0) is 36.2 Å². The first-order chi connectivity index (χ1) is 13.8. The van der Waals surface area contributed by atoms with Gasteiger partial charge < -0.3 is 10.3 Å². The highest BCUT2D eigenvalue weighted by atomic mass is 32.2. The number of rotatable bonds is 8.